The van der Waals surface area contributed by atoms with E-state index in [0.29, 0.717) is 18.9 Å². The van der Waals surface area contributed by atoms with Crippen molar-refractivity contribution in [3.05, 3.63) is 35.4 Å². The molecule has 0 atom stereocenters. The number of hydrogen-bond acceptors (Lipinski definition) is 2. The van der Waals surface area contributed by atoms with Crippen LogP contribution in [0, 0.1) is 0 Å². The summed E-state index contributed by atoms with van der Waals surface area (Å²) in [5.74, 6) is 1.81. The van der Waals surface area contributed by atoms with Crippen molar-refractivity contribution in [1.82, 2.24) is 10.6 Å². The molecule has 0 saturated carbocycles. The van der Waals surface area contributed by atoms with Crippen LogP contribution in [0.3, 0.4) is 0 Å². The molecule has 1 aromatic carbocycles. The van der Waals surface area contributed by atoms with Crippen molar-refractivity contribution >= 4 is 41.7 Å². The van der Waals surface area contributed by atoms with E-state index in [1.54, 1.807) is 18.8 Å². The van der Waals surface area contributed by atoms with Gasteiger partial charge in [-0.2, -0.15) is 24.9 Å². The lowest BCUT2D eigenvalue weighted by atomic mass is 10.1. The number of hydrogen-bond donors (Lipinski definition) is 2. The van der Waals surface area contributed by atoms with Crippen molar-refractivity contribution < 1.29 is 13.2 Å². The van der Waals surface area contributed by atoms with Gasteiger partial charge < -0.3 is 10.6 Å². The van der Waals surface area contributed by atoms with E-state index in [-0.39, 0.29) is 24.0 Å². The molecule has 0 aliphatic heterocycles. The highest BCUT2D eigenvalue weighted by Gasteiger charge is 2.29. The second-order valence-corrected chi connectivity index (χ2v) is 5.70. The van der Waals surface area contributed by atoms with Gasteiger partial charge in [0.1, 0.15) is 0 Å². The van der Waals surface area contributed by atoms with E-state index >= 15 is 0 Å². The first kappa shape index (κ1) is 22.4. The number of guanidine groups is 1. The summed E-state index contributed by atoms with van der Waals surface area (Å²) in [6.07, 6.45) is -0.513. The van der Waals surface area contributed by atoms with Crippen molar-refractivity contribution in [3.8, 4) is 0 Å². The zero-order valence-corrected chi connectivity index (χ0v) is 16.4. The third-order valence-electron chi connectivity index (χ3n) is 3.03. The van der Waals surface area contributed by atoms with Gasteiger partial charge in [-0.15, -0.1) is 24.0 Å². The van der Waals surface area contributed by atoms with Crippen LogP contribution in [0.1, 0.15) is 17.5 Å². The van der Waals surface area contributed by atoms with Crippen LogP contribution in [0.15, 0.2) is 29.3 Å². The SMILES string of the molecule is CN=C(NCCCSC)NCCc1ccc(C(F)(F)F)cc1.I. The molecule has 23 heavy (non-hydrogen) atoms. The summed E-state index contributed by atoms with van der Waals surface area (Å²) in [6, 6.07) is 5.26. The van der Waals surface area contributed by atoms with Gasteiger partial charge in [0, 0.05) is 20.1 Å². The summed E-state index contributed by atoms with van der Waals surface area (Å²) >= 11 is 1.80. The summed E-state index contributed by atoms with van der Waals surface area (Å²) < 4.78 is 37.4. The number of rotatable bonds is 7. The van der Waals surface area contributed by atoms with Crippen molar-refractivity contribution in [2.75, 3.05) is 32.1 Å². The first-order valence-electron chi connectivity index (χ1n) is 7.07. The van der Waals surface area contributed by atoms with Crippen LogP contribution in [0.25, 0.3) is 0 Å². The zero-order chi connectivity index (χ0) is 16.4. The van der Waals surface area contributed by atoms with E-state index in [9.17, 15) is 13.2 Å². The van der Waals surface area contributed by atoms with Crippen LogP contribution < -0.4 is 10.6 Å². The lowest BCUT2D eigenvalue weighted by Crippen LogP contribution is -2.38. The van der Waals surface area contributed by atoms with Crippen LogP contribution in [0.5, 0.6) is 0 Å². The molecule has 2 N–H and O–H groups in total. The van der Waals surface area contributed by atoms with Gasteiger partial charge in [0.25, 0.3) is 0 Å². The molecular weight excluding hydrogens is 438 g/mol. The molecule has 0 spiro atoms. The Kier molecular flexibility index (Phi) is 11.5. The Morgan fingerprint density at radius 1 is 1.13 bits per heavy atom. The van der Waals surface area contributed by atoms with Crippen molar-refractivity contribution in [1.29, 1.82) is 0 Å². The summed E-state index contributed by atoms with van der Waals surface area (Å²) in [5.41, 5.74) is 0.244. The highest BCUT2D eigenvalue weighted by atomic mass is 127. The Morgan fingerprint density at radius 3 is 2.26 bits per heavy atom. The number of halogens is 4. The number of alkyl halides is 3. The number of nitrogens with one attached hydrogen (secondary N) is 2. The average Bonchev–Trinajstić information content (AvgIpc) is 2.49. The predicted octanol–water partition coefficient (Wildman–Crippen LogP) is 3.78. The molecule has 0 unspecified atom stereocenters. The van der Waals surface area contributed by atoms with Gasteiger partial charge in [0.05, 0.1) is 5.56 Å². The average molecular weight is 461 g/mol. The topological polar surface area (TPSA) is 36.4 Å². The fourth-order valence-corrected chi connectivity index (χ4v) is 2.26. The van der Waals surface area contributed by atoms with E-state index in [1.807, 2.05) is 0 Å². The number of thioether (sulfide) groups is 1. The minimum atomic E-state index is -4.28. The quantitative estimate of drug-likeness (QED) is 0.281. The fourth-order valence-electron chi connectivity index (χ4n) is 1.83. The van der Waals surface area contributed by atoms with Gasteiger partial charge in [-0.25, -0.2) is 0 Å². The number of benzene rings is 1. The minimum Gasteiger partial charge on any atom is -0.356 e. The highest BCUT2D eigenvalue weighted by Crippen LogP contribution is 2.29. The molecule has 132 valence electrons. The Bertz CT molecular complexity index is 464. The van der Waals surface area contributed by atoms with Crippen LogP contribution in [-0.4, -0.2) is 38.1 Å². The number of aliphatic imine (C=N–C) groups is 1. The molecule has 0 radical (unpaired) electrons. The van der Waals surface area contributed by atoms with Crippen LogP contribution in [0.4, 0.5) is 13.2 Å². The van der Waals surface area contributed by atoms with E-state index in [1.165, 1.54) is 12.1 Å². The molecule has 0 saturated heterocycles. The first-order chi connectivity index (χ1) is 10.5. The Labute approximate surface area is 156 Å². The molecule has 0 aromatic heterocycles. The summed E-state index contributed by atoms with van der Waals surface area (Å²) in [6.45, 7) is 1.47. The Balaban J connectivity index is 0.00000484. The molecule has 0 aliphatic rings. The van der Waals surface area contributed by atoms with Crippen LogP contribution in [0.2, 0.25) is 0 Å². The highest BCUT2D eigenvalue weighted by molar-refractivity contribution is 14.0. The maximum Gasteiger partial charge on any atom is 0.416 e. The van der Waals surface area contributed by atoms with Gasteiger partial charge in [0.15, 0.2) is 5.96 Å². The maximum atomic E-state index is 12.5. The molecule has 3 nitrogen and oxygen atoms in total. The lowest BCUT2D eigenvalue weighted by Gasteiger charge is -2.12. The fraction of sp³-hybridized carbons (Fsp3) is 0.533. The van der Waals surface area contributed by atoms with E-state index in [4.69, 9.17) is 0 Å². The predicted molar refractivity (Wildman–Crippen MR) is 103 cm³/mol. The molecule has 1 aromatic rings. The molecular formula is C15H23F3IN3S. The molecule has 0 aliphatic carbocycles. The first-order valence-corrected chi connectivity index (χ1v) is 8.46. The van der Waals surface area contributed by atoms with E-state index < -0.39 is 11.7 Å². The van der Waals surface area contributed by atoms with Gasteiger partial charge in [-0.05, 0) is 42.5 Å². The molecule has 0 bridgehead atoms. The standard InChI is InChI=1S/C15H22F3N3S.HI/c1-19-14(20-9-3-11-22-2)21-10-8-12-4-6-13(7-5-12)15(16,17)18;/h4-7H,3,8-11H2,1-2H3,(H2,19,20,21);1H. The van der Waals surface area contributed by atoms with Gasteiger partial charge in [-0.3, -0.25) is 4.99 Å². The van der Waals surface area contributed by atoms with Crippen LogP contribution in [-0.2, 0) is 12.6 Å². The Morgan fingerprint density at radius 2 is 1.74 bits per heavy atom. The monoisotopic (exact) mass is 461 g/mol. The zero-order valence-electron chi connectivity index (χ0n) is 13.2. The van der Waals surface area contributed by atoms with E-state index in [0.717, 1.165) is 36.4 Å². The van der Waals surface area contributed by atoms with Gasteiger partial charge in [-0.1, -0.05) is 12.1 Å². The van der Waals surface area contributed by atoms with Crippen LogP contribution >= 0.6 is 35.7 Å². The second kappa shape index (κ2) is 11.8. The van der Waals surface area contributed by atoms with Crippen molar-refractivity contribution in [2.45, 2.75) is 19.0 Å². The lowest BCUT2D eigenvalue weighted by molar-refractivity contribution is -0.137. The second-order valence-electron chi connectivity index (χ2n) is 4.72. The normalized spacial score (nSPS) is 11.8. The van der Waals surface area contributed by atoms with E-state index in [2.05, 4.69) is 21.9 Å². The van der Waals surface area contributed by atoms with Gasteiger partial charge in [0.2, 0.25) is 0 Å². The third-order valence-corrected chi connectivity index (χ3v) is 3.73. The molecule has 1 rings (SSSR count). The smallest absolute Gasteiger partial charge is 0.356 e. The third kappa shape index (κ3) is 9.29. The van der Waals surface area contributed by atoms with Gasteiger partial charge >= 0.3 is 6.18 Å². The molecule has 0 amide bonds. The molecule has 8 heteroatoms. The summed E-state index contributed by atoms with van der Waals surface area (Å²) in [5, 5.41) is 6.35. The molecule has 0 fully saturated rings. The Hall–Kier alpha value is -0.640. The number of nitrogens with zero attached hydrogens (tertiary/aromatic N) is 1. The largest absolute Gasteiger partial charge is 0.416 e. The minimum absolute atomic E-state index is 0. The summed E-state index contributed by atoms with van der Waals surface area (Å²) in [4.78, 5) is 4.10. The maximum absolute atomic E-state index is 12.5. The summed E-state index contributed by atoms with van der Waals surface area (Å²) in [7, 11) is 1.70. The molecule has 0 heterocycles. The van der Waals surface area contributed by atoms with Crippen molar-refractivity contribution in [3.63, 3.8) is 0 Å². The van der Waals surface area contributed by atoms with Crippen molar-refractivity contribution in [2.24, 2.45) is 4.99 Å².